The van der Waals surface area contributed by atoms with E-state index in [4.69, 9.17) is 23.7 Å². The molecule has 126 valence electrons. The van der Waals surface area contributed by atoms with E-state index in [1.54, 1.807) is 0 Å². The molecule has 0 bridgehead atoms. The van der Waals surface area contributed by atoms with Gasteiger partial charge >= 0.3 is 5.97 Å². The number of hydrogen-bond donors (Lipinski definition) is 0. The van der Waals surface area contributed by atoms with Crippen molar-refractivity contribution in [3.05, 3.63) is 35.9 Å². The van der Waals surface area contributed by atoms with Gasteiger partial charge in [0, 0.05) is 13.3 Å². The van der Waals surface area contributed by atoms with Crippen molar-refractivity contribution in [2.24, 2.45) is 0 Å². The summed E-state index contributed by atoms with van der Waals surface area (Å²) in [5.41, 5.74) is 1.10. The van der Waals surface area contributed by atoms with Crippen molar-refractivity contribution in [3.8, 4) is 0 Å². The predicted octanol–water partition coefficient (Wildman–Crippen LogP) is 2.01. The van der Waals surface area contributed by atoms with E-state index in [0.29, 0.717) is 39.3 Å². The Morgan fingerprint density at radius 1 is 1.22 bits per heavy atom. The van der Waals surface area contributed by atoms with Crippen LogP contribution in [0.25, 0.3) is 0 Å². The van der Waals surface area contributed by atoms with Crippen molar-refractivity contribution in [3.63, 3.8) is 0 Å². The van der Waals surface area contributed by atoms with E-state index in [1.165, 1.54) is 6.92 Å². The van der Waals surface area contributed by atoms with Gasteiger partial charge in [-0.2, -0.15) is 0 Å². The molecule has 6 nitrogen and oxygen atoms in total. The molecule has 0 aromatic heterocycles. The van der Waals surface area contributed by atoms with E-state index in [1.807, 2.05) is 30.3 Å². The van der Waals surface area contributed by atoms with Crippen molar-refractivity contribution >= 4 is 5.97 Å². The van der Waals surface area contributed by atoms with Crippen molar-refractivity contribution < 1.29 is 28.5 Å². The van der Waals surface area contributed by atoms with E-state index in [0.717, 1.165) is 5.56 Å². The van der Waals surface area contributed by atoms with Crippen LogP contribution >= 0.6 is 0 Å². The van der Waals surface area contributed by atoms with Gasteiger partial charge in [0.25, 0.3) is 0 Å². The predicted molar refractivity (Wildman–Crippen MR) is 80.4 cm³/mol. The lowest BCUT2D eigenvalue weighted by molar-refractivity contribution is -0.291. The maximum atomic E-state index is 11.2. The largest absolute Gasteiger partial charge is 0.436 e. The Hall–Kier alpha value is -1.47. The first kappa shape index (κ1) is 16.4. The first-order chi connectivity index (χ1) is 11.2. The van der Waals surface area contributed by atoms with Gasteiger partial charge < -0.3 is 23.7 Å². The van der Waals surface area contributed by atoms with Crippen LogP contribution in [0.1, 0.15) is 25.3 Å². The number of hydrogen-bond acceptors (Lipinski definition) is 6. The normalized spacial score (nSPS) is 26.3. The van der Waals surface area contributed by atoms with E-state index in [9.17, 15) is 4.79 Å². The second kappa shape index (κ2) is 7.40. The summed E-state index contributed by atoms with van der Waals surface area (Å²) in [4.78, 5) is 11.2. The molecule has 2 atom stereocenters. The number of ether oxygens (including phenoxy) is 5. The van der Waals surface area contributed by atoms with Crippen LogP contribution in [0.5, 0.6) is 0 Å². The zero-order valence-electron chi connectivity index (χ0n) is 13.2. The molecule has 23 heavy (non-hydrogen) atoms. The first-order valence-electron chi connectivity index (χ1n) is 7.87. The highest BCUT2D eigenvalue weighted by molar-refractivity contribution is 5.66. The van der Waals surface area contributed by atoms with Gasteiger partial charge in [0.15, 0.2) is 5.79 Å². The molecular formula is C17H22O6. The number of rotatable bonds is 5. The smallest absolute Gasteiger partial charge is 0.304 e. The Kier molecular flexibility index (Phi) is 5.27. The van der Waals surface area contributed by atoms with Crippen LogP contribution in [0.4, 0.5) is 0 Å². The highest BCUT2D eigenvalue weighted by Gasteiger charge is 2.47. The van der Waals surface area contributed by atoms with Crippen molar-refractivity contribution in [2.75, 3.05) is 19.8 Å². The Morgan fingerprint density at radius 2 is 1.96 bits per heavy atom. The molecule has 3 rings (SSSR count). The lowest BCUT2D eigenvalue weighted by Gasteiger charge is -2.39. The SMILES string of the molecule is CC(=O)O[C@@H]1CC2(C[C@H](COCc3ccccc3)O1)OCCO2. The number of carbonyl (C=O) groups is 1. The third-order valence-corrected chi connectivity index (χ3v) is 3.89. The van der Waals surface area contributed by atoms with Crippen molar-refractivity contribution in [1.82, 2.24) is 0 Å². The minimum absolute atomic E-state index is 0.241. The van der Waals surface area contributed by atoms with Gasteiger partial charge in [0.05, 0.1) is 39.0 Å². The van der Waals surface area contributed by atoms with Crippen LogP contribution in [0, 0.1) is 0 Å². The Morgan fingerprint density at radius 3 is 2.65 bits per heavy atom. The fraction of sp³-hybridized carbons (Fsp3) is 0.588. The molecule has 1 aromatic carbocycles. The summed E-state index contributed by atoms with van der Waals surface area (Å²) in [5.74, 6) is -1.10. The quantitative estimate of drug-likeness (QED) is 0.773. The Bertz CT molecular complexity index is 511. The van der Waals surface area contributed by atoms with E-state index < -0.39 is 12.1 Å². The Balaban J connectivity index is 1.55. The van der Waals surface area contributed by atoms with Crippen LogP contribution in [0.3, 0.4) is 0 Å². The molecule has 1 spiro atoms. The van der Waals surface area contributed by atoms with Gasteiger partial charge in [-0.1, -0.05) is 30.3 Å². The van der Waals surface area contributed by atoms with Gasteiger partial charge in [-0.25, -0.2) is 0 Å². The lowest BCUT2D eigenvalue weighted by atomic mass is 10.0. The van der Waals surface area contributed by atoms with Gasteiger partial charge in [-0.3, -0.25) is 4.79 Å². The van der Waals surface area contributed by atoms with Gasteiger partial charge in [0.2, 0.25) is 6.29 Å². The Labute approximate surface area is 135 Å². The molecule has 2 fully saturated rings. The van der Waals surface area contributed by atoms with Crippen LogP contribution in [-0.4, -0.2) is 44.0 Å². The van der Waals surface area contributed by atoms with Crippen LogP contribution in [0.15, 0.2) is 30.3 Å². The summed E-state index contributed by atoms with van der Waals surface area (Å²) in [6.45, 7) is 3.35. The van der Waals surface area contributed by atoms with Gasteiger partial charge in [-0.05, 0) is 5.56 Å². The molecule has 0 amide bonds. The average molecular weight is 322 g/mol. The van der Waals surface area contributed by atoms with Crippen LogP contribution in [-0.2, 0) is 35.1 Å². The lowest BCUT2D eigenvalue weighted by Crippen LogP contribution is -2.48. The van der Waals surface area contributed by atoms with Gasteiger partial charge in [-0.15, -0.1) is 0 Å². The summed E-state index contributed by atoms with van der Waals surface area (Å²) in [6.07, 6.45) is 0.0565. The molecular weight excluding hydrogens is 300 g/mol. The number of carbonyl (C=O) groups excluding carboxylic acids is 1. The minimum atomic E-state index is -0.723. The van der Waals surface area contributed by atoms with Crippen LogP contribution < -0.4 is 0 Å². The third kappa shape index (κ3) is 4.51. The molecule has 0 radical (unpaired) electrons. The monoisotopic (exact) mass is 322 g/mol. The molecule has 2 saturated heterocycles. The minimum Gasteiger partial charge on any atom is -0.436 e. The molecule has 0 saturated carbocycles. The summed E-state index contributed by atoms with van der Waals surface area (Å²) in [6, 6.07) is 9.93. The molecule has 0 N–H and O–H groups in total. The van der Waals surface area contributed by atoms with Crippen molar-refractivity contribution in [2.45, 2.75) is 44.6 Å². The second-order valence-electron chi connectivity index (χ2n) is 5.81. The molecule has 6 heteroatoms. The second-order valence-corrected chi connectivity index (χ2v) is 5.81. The maximum absolute atomic E-state index is 11.2. The zero-order chi connectivity index (χ0) is 16.1. The summed E-state index contributed by atoms with van der Waals surface area (Å²) in [5, 5.41) is 0. The average Bonchev–Trinajstić information content (AvgIpc) is 2.94. The highest BCUT2D eigenvalue weighted by Crippen LogP contribution is 2.36. The van der Waals surface area contributed by atoms with Crippen molar-refractivity contribution in [1.29, 1.82) is 0 Å². The summed E-state index contributed by atoms with van der Waals surface area (Å²) in [7, 11) is 0. The molecule has 2 aliphatic rings. The fourth-order valence-corrected chi connectivity index (χ4v) is 2.96. The fourth-order valence-electron chi connectivity index (χ4n) is 2.96. The van der Waals surface area contributed by atoms with Gasteiger partial charge in [0.1, 0.15) is 0 Å². The van der Waals surface area contributed by atoms with E-state index in [2.05, 4.69) is 0 Å². The standard InChI is InChI=1S/C17H22O6/c1-13(18)22-16-10-17(20-7-8-21-17)9-15(23-16)12-19-11-14-5-3-2-4-6-14/h2-6,15-16H,7-12H2,1H3/t15-,16+/m1/s1. The zero-order valence-corrected chi connectivity index (χ0v) is 13.2. The third-order valence-electron chi connectivity index (χ3n) is 3.89. The number of esters is 1. The molecule has 0 aliphatic carbocycles. The maximum Gasteiger partial charge on any atom is 0.304 e. The summed E-state index contributed by atoms with van der Waals surface area (Å²) < 4.78 is 28.2. The molecule has 0 unspecified atom stereocenters. The number of benzene rings is 1. The molecule has 2 heterocycles. The topological polar surface area (TPSA) is 63.2 Å². The highest BCUT2D eigenvalue weighted by atomic mass is 16.8. The first-order valence-corrected chi connectivity index (χ1v) is 7.87. The molecule has 1 aromatic rings. The molecule has 2 aliphatic heterocycles. The summed E-state index contributed by atoms with van der Waals surface area (Å²) >= 11 is 0. The van der Waals surface area contributed by atoms with E-state index in [-0.39, 0.29) is 12.1 Å². The van der Waals surface area contributed by atoms with E-state index >= 15 is 0 Å². The van der Waals surface area contributed by atoms with Crippen LogP contribution in [0.2, 0.25) is 0 Å².